The van der Waals surface area contributed by atoms with E-state index in [0.717, 1.165) is 25.4 Å². The summed E-state index contributed by atoms with van der Waals surface area (Å²) in [5.74, 6) is 1.03. The molecule has 0 bridgehead atoms. The second kappa shape index (κ2) is 6.06. The first kappa shape index (κ1) is 13.9. The normalized spacial score (nSPS) is 19.6. The number of piperazine rings is 1. The lowest BCUT2D eigenvalue weighted by Gasteiger charge is -2.33. The summed E-state index contributed by atoms with van der Waals surface area (Å²) in [5, 5.41) is 3.45. The van der Waals surface area contributed by atoms with Gasteiger partial charge in [-0.2, -0.15) is 0 Å². The van der Waals surface area contributed by atoms with Crippen molar-refractivity contribution in [1.82, 2.24) is 10.2 Å². The molecule has 19 heavy (non-hydrogen) atoms. The minimum atomic E-state index is 0.145. The number of hydrogen-bond donors (Lipinski definition) is 1. The van der Waals surface area contributed by atoms with Gasteiger partial charge in [0.05, 0.1) is 6.10 Å². The van der Waals surface area contributed by atoms with E-state index >= 15 is 0 Å². The first-order valence-corrected chi connectivity index (χ1v) is 6.82. The van der Waals surface area contributed by atoms with E-state index in [-0.39, 0.29) is 18.1 Å². The smallest absolute Gasteiger partial charge is 0.219 e. The van der Waals surface area contributed by atoms with Gasteiger partial charge in [-0.15, -0.1) is 0 Å². The predicted molar refractivity (Wildman–Crippen MR) is 75.2 cm³/mol. The van der Waals surface area contributed by atoms with Crippen LogP contribution in [-0.4, -0.2) is 36.5 Å². The molecule has 1 amide bonds. The van der Waals surface area contributed by atoms with Crippen molar-refractivity contribution in [2.24, 2.45) is 0 Å². The van der Waals surface area contributed by atoms with Crippen molar-refractivity contribution in [2.75, 3.05) is 19.6 Å². The van der Waals surface area contributed by atoms with Crippen LogP contribution >= 0.6 is 0 Å². The molecule has 4 nitrogen and oxygen atoms in total. The Hall–Kier alpha value is -1.55. The Morgan fingerprint density at radius 3 is 2.63 bits per heavy atom. The van der Waals surface area contributed by atoms with E-state index in [9.17, 15) is 4.79 Å². The van der Waals surface area contributed by atoms with Gasteiger partial charge in [-0.25, -0.2) is 0 Å². The molecule has 1 aliphatic heterocycles. The van der Waals surface area contributed by atoms with E-state index in [1.807, 2.05) is 30.9 Å². The number of rotatable bonds is 3. The van der Waals surface area contributed by atoms with Crippen molar-refractivity contribution in [2.45, 2.75) is 32.9 Å². The molecule has 1 N–H and O–H groups in total. The topological polar surface area (TPSA) is 41.6 Å². The number of nitrogens with one attached hydrogen (secondary N) is 1. The summed E-state index contributed by atoms with van der Waals surface area (Å²) in [6.45, 7) is 8.03. The molecular weight excluding hydrogens is 240 g/mol. The van der Waals surface area contributed by atoms with E-state index in [1.54, 1.807) is 6.92 Å². The average molecular weight is 262 g/mol. The van der Waals surface area contributed by atoms with Gasteiger partial charge in [0.25, 0.3) is 0 Å². The molecule has 0 saturated carbocycles. The monoisotopic (exact) mass is 262 g/mol. The van der Waals surface area contributed by atoms with Crippen molar-refractivity contribution in [1.29, 1.82) is 0 Å². The van der Waals surface area contributed by atoms with Crippen LogP contribution in [0.5, 0.6) is 5.75 Å². The van der Waals surface area contributed by atoms with E-state index in [2.05, 4.69) is 17.4 Å². The lowest BCUT2D eigenvalue weighted by molar-refractivity contribution is -0.130. The van der Waals surface area contributed by atoms with Crippen LogP contribution in [0.25, 0.3) is 0 Å². The van der Waals surface area contributed by atoms with Crippen LogP contribution in [0.4, 0.5) is 0 Å². The maximum atomic E-state index is 11.4. The summed E-state index contributed by atoms with van der Waals surface area (Å²) in [7, 11) is 0. The van der Waals surface area contributed by atoms with Crippen molar-refractivity contribution in [3.63, 3.8) is 0 Å². The molecule has 1 atom stereocenters. The van der Waals surface area contributed by atoms with Gasteiger partial charge in [0.15, 0.2) is 0 Å². The lowest BCUT2D eigenvalue weighted by Crippen LogP contribution is -2.47. The first-order valence-electron chi connectivity index (χ1n) is 6.82. The summed E-state index contributed by atoms with van der Waals surface area (Å²) >= 11 is 0. The maximum absolute atomic E-state index is 11.4. The highest BCUT2D eigenvalue weighted by Gasteiger charge is 2.22. The van der Waals surface area contributed by atoms with Gasteiger partial charge < -0.3 is 15.0 Å². The minimum absolute atomic E-state index is 0.145. The Morgan fingerprint density at radius 1 is 1.37 bits per heavy atom. The van der Waals surface area contributed by atoms with Crippen LogP contribution in [0.15, 0.2) is 24.3 Å². The molecule has 0 radical (unpaired) electrons. The lowest BCUT2D eigenvalue weighted by atomic mass is 10.0. The fourth-order valence-corrected chi connectivity index (χ4v) is 2.31. The SMILES string of the molecule is CC(=O)N1CCN[C@H](c2ccc(OC(C)C)cc2)C1. The molecule has 1 fully saturated rings. The molecule has 0 aromatic heterocycles. The highest BCUT2D eigenvalue weighted by atomic mass is 16.5. The molecule has 0 unspecified atom stereocenters. The number of nitrogens with zero attached hydrogens (tertiary/aromatic N) is 1. The Morgan fingerprint density at radius 2 is 2.05 bits per heavy atom. The zero-order valence-corrected chi connectivity index (χ0v) is 11.8. The van der Waals surface area contributed by atoms with Crippen LogP contribution in [0.3, 0.4) is 0 Å². The minimum Gasteiger partial charge on any atom is -0.491 e. The molecule has 104 valence electrons. The molecule has 1 aliphatic rings. The van der Waals surface area contributed by atoms with Gasteiger partial charge >= 0.3 is 0 Å². The van der Waals surface area contributed by atoms with Gasteiger partial charge in [0, 0.05) is 32.6 Å². The second-order valence-electron chi connectivity index (χ2n) is 5.21. The highest BCUT2D eigenvalue weighted by Crippen LogP contribution is 2.21. The van der Waals surface area contributed by atoms with Crippen LogP contribution < -0.4 is 10.1 Å². The third-order valence-corrected chi connectivity index (χ3v) is 3.27. The number of ether oxygens (including phenoxy) is 1. The Labute approximate surface area is 114 Å². The van der Waals surface area contributed by atoms with Crippen LogP contribution in [0.2, 0.25) is 0 Å². The highest BCUT2D eigenvalue weighted by molar-refractivity contribution is 5.73. The van der Waals surface area contributed by atoms with Gasteiger partial charge in [-0.05, 0) is 31.5 Å². The number of carbonyl (C=O) groups excluding carboxylic acids is 1. The molecule has 1 aromatic rings. The van der Waals surface area contributed by atoms with Gasteiger partial charge in [-0.1, -0.05) is 12.1 Å². The molecule has 1 heterocycles. The zero-order chi connectivity index (χ0) is 13.8. The van der Waals surface area contributed by atoms with Gasteiger partial charge in [0.2, 0.25) is 5.91 Å². The van der Waals surface area contributed by atoms with Gasteiger partial charge in [0.1, 0.15) is 5.75 Å². The second-order valence-corrected chi connectivity index (χ2v) is 5.21. The van der Waals surface area contributed by atoms with Crippen molar-refractivity contribution in [3.8, 4) is 5.75 Å². The molecule has 0 aliphatic carbocycles. The number of hydrogen-bond acceptors (Lipinski definition) is 3. The van der Waals surface area contributed by atoms with Crippen molar-refractivity contribution < 1.29 is 9.53 Å². The summed E-state index contributed by atoms with van der Waals surface area (Å²) in [6, 6.07) is 8.33. The summed E-state index contributed by atoms with van der Waals surface area (Å²) < 4.78 is 5.63. The van der Waals surface area contributed by atoms with E-state index in [4.69, 9.17) is 4.74 Å². The zero-order valence-electron chi connectivity index (χ0n) is 11.8. The molecule has 1 aromatic carbocycles. The fraction of sp³-hybridized carbons (Fsp3) is 0.533. The van der Waals surface area contributed by atoms with Crippen LogP contribution in [0.1, 0.15) is 32.4 Å². The summed E-state index contributed by atoms with van der Waals surface area (Å²) in [5.41, 5.74) is 1.20. The molecular formula is C15H22N2O2. The van der Waals surface area contributed by atoms with E-state index < -0.39 is 0 Å². The molecule has 0 spiro atoms. The third kappa shape index (κ3) is 3.70. The number of amides is 1. The Balaban J connectivity index is 2.03. The van der Waals surface area contributed by atoms with E-state index in [1.165, 1.54) is 5.56 Å². The number of carbonyl (C=O) groups is 1. The maximum Gasteiger partial charge on any atom is 0.219 e. The Kier molecular flexibility index (Phi) is 4.43. The van der Waals surface area contributed by atoms with E-state index in [0.29, 0.717) is 0 Å². The summed E-state index contributed by atoms with van der Waals surface area (Å²) in [4.78, 5) is 13.3. The fourth-order valence-electron chi connectivity index (χ4n) is 2.31. The largest absolute Gasteiger partial charge is 0.491 e. The number of benzene rings is 1. The molecule has 2 rings (SSSR count). The first-order chi connectivity index (χ1) is 9.06. The molecule has 4 heteroatoms. The Bertz CT molecular complexity index is 428. The molecule has 1 saturated heterocycles. The summed E-state index contributed by atoms with van der Waals surface area (Å²) in [6.07, 6.45) is 0.187. The average Bonchev–Trinajstić information content (AvgIpc) is 2.39. The van der Waals surface area contributed by atoms with Crippen LogP contribution in [0, 0.1) is 0 Å². The predicted octanol–water partition coefficient (Wildman–Crippen LogP) is 1.97. The standard InChI is InChI=1S/C15H22N2O2/c1-11(2)19-14-6-4-13(5-7-14)15-10-17(12(3)18)9-8-16-15/h4-7,11,15-16H,8-10H2,1-3H3/t15-/m0/s1. The van der Waals surface area contributed by atoms with Crippen molar-refractivity contribution in [3.05, 3.63) is 29.8 Å². The van der Waals surface area contributed by atoms with Crippen LogP contribution in [-0.2, 0) is 4.79 Å². The van der Waals surface area contributed by atoms with Crippen molar-refractivity contribution >= 4 is 5.91 Å². The third-order valence-electron chi connectivity index (χ3n) is 3.27. The van der Waals surface area contributed by atoms with Gasteiger partial charge in [-0.3, -0.25) is 4.79 Å². The quantitative estimate of drug-likeness (QED) is 0.905.